The first-order valence-electron chi connectivity index (χ1n) is 19.1. The zero-order valence-corrected chi connectivity index (χ0v) is 30.7. The van der Waals surface area contributed by atoms with Gasteiger partial charge in [0.15, 0.2) is 0 Å². The van der Waals surface area contributed by atoms with Gasteiger partial charge in [-0.15, -0.1) is 0 Å². The third-order valence-electron chi connectivity index (χ3n) is 10.7. The van der Waals surface area contributed by atoms with Gasteiger partial charge in [-0.05, 0) is 104 Å². The zero-order valence-electron chi connectivity index (χ0n) is 30.7. The van der Waals surface area contributed by atoms with Crippen molar-refractivity contribution in [3.05, 3.63) is 224 Å². The second-order valence-electron chi connectivity index (χ2n) is 14.2. The van der Waals surface area contributed by atoms with Gasteiger partial charge in [0.25, 0.3) is 0 Å². The van der Waals surface area contributed by atoms with Crippen LogP contribution in [0.4, 0.5) is 17.1 Å². The number of nitrogens with zero attached hydrogens (tertiary/aromatic N) is 1. The fraction of sp³-hybridized carbons (Fsp3) is 0. The van der Waals surface area contributed by atoms with Gasteiger partial charge in [0, 0.05) is 33.6 Å². The Kier molecular flexibility index (Phi) is 8.55. The van der Waals surface area contributed by atoms with Gasteiger partial charge in [-0.3, -0.25) is 0 Å². The third-order valence-corrected chi connectivity index (χ3v) is 10.7. The highest BCUT2D eigenvalue weighted by molar-refractivity contribution is 6.02. The van der Waals surface area contributed by atoms with Crippen LogP contribution in [0.15, 0.2) is 229 Å². The second-order valence-corrected chi connectivity index (χ2v) is 14.2. The third kappa shape index (κ3) is 6.34. The SMILES string of the molecule is c1ccc(-c2cccc(N(c3ccc(-c4cccc(-c5oc6ccccc6c5-c5ccccc5)c4)cc3)c3ccc(-c4ccc5ccccc5c4)cc3)c2)cc1. The lowest BCUT2D eigenvalue weighted by Crippen LogP contribution is -2.10. The van der Waals surface area contributed by atoms with E-state index in [0.717, 1.165) is 61.6 Å². The molecular weight excluding hydrogens is 679 g/mol. The largest absolute Gasteiger partial charge is 0.455 e. The summed E-state index contributed by atoms with van der Waals surface area (Å²) >= 11 is 0. The number of benzene rings is 9. The Morgan fingerprint density at radius 2 is 0.786 bits per heavy atom. The molecule has 0 saturated heterocycles. The van der Waals surface area contributed by atoms with Gasteiger partial charge in [-0.2, -0.15) is 0 Å². The van der Waals surface area contributed by atoms with Crippen molar-refractivity contribution in [3.8, 4) is 55.8 Å². The number of rotatable bonds is 8. The predicted molar refractivity (Wildman–Crippen MR) is 236 cm³/mol. The van der Waals surface area contributed by atoms with Crippen molar-refractivity contribution >= 4 is 38.8 Å². The molecule has 0 saturated carbocycles. The van der Waals surface area contributed by atoms with Crippen LogP contribution in [0.3, 0.4) is 0 Å². The summed E-state index contributed by atoms with van der Waals surface area (Å²) in [7, 11) is 0. The van der Waals surface area contributed by atoms with Crippen LogP contribution in [0.25, 0.3) is 77.6 Å². The topological polar surface area (TPSA) is 16.4 Å². The van der Waals surface area contributed by atoms with Crippen molar-refractivity contribution in [2.45, 2.75) is 0 Å². The van der Waals surface area contributed by atoms with E-state index in [2.05, 4.69) is 217 Å². The lowest BCUT2D eigenvalue weighted by molar-refractivity contribution is 0.632. The maximum Gasteiger partial charge on any atom is 0.143 e. The van der Waals surface area contributed by atoms with E-state index in [1.54, 1.807) is 0 Å². The molecule has 0 aliphatic rings. The summed E-state index contributed by atoms with van der Waals surface area (Å²) in [6, 6.07) is 79.9. The molecular formula is C54H37NO. The predicted octanol–water partition coefficient (Wildman–Crippen LogP) is 15.4. The van der Waals surface area contributed by atoms with Crippen molar-refractivity contribution < 1.29 is 4.42 Å². The van der Waals surface area contributed by atoms with E-state index in [0.29, 0.717) is 0 Å². The van der Waals surface area contributed by atoms with Crippen LogP contribution < -0.4 is 4.90 Å². The first-order valence-corrected chi connectivity index (χ1v) is 19.1. The Balaban J connectivity index is 1.03. The van der Waals surface area contributed by atoms with Crippen molar-refractivity contribution in [3.63, 3.8) is 0 Å². The van der Waals surface area contributed by atoms with Gasteiger partial charge in [0.2, 0.25) is 0 Å². The highest BCUT2D eigenvalue weighted by Gasteiger charge is 2.19. The monoisotopic (exact) mass is 715 g/mol. The maximum atomic E-state index is 6.57. The van der Waals surface area contributed by atoms with E-state index in [9.17, 15) is 0 Å². The van der Waals surface area contributed by atoms with E-state index in [-0.39, 0.29) is 0 Å². The molecule has 264 valence electrons. The molecule has 0 fully saturated rings. The molecule has 0 atom stereocenters. The van der Waals surface area contributed by atoms with Gasteiger partial charge in [-0.1, -0.05) is 170 Å². The quantitative estimate of drug-likeness (QED) is 0.156. The summed E-state index contributed by atoms with van der Waals surface area (Å²) in [5.74, 6) is 0.882. The number of anilines is 3. The minimum Gasteiger partial charge on any atom is -0.455 e. The van der Waals surface area contributed by atoms with E-state index in [1.807, 2.05) is 12.1 Å². The Bertz CT molecular complexity index is 2940. The van der Waals surface area contributed by atoms with Crippen LogP contribution in [0, 0.1) is 0 Å². The molecule has 1 heterocycles. The van der Waals surface area contributed by atoms with Gasteiger partial charge >= 0.3 is 0 Å². The number of furan rings is 1. The molecule has 0 N–H and O–H groups in total. The summed E-state index contributed by atoms with van der Waals surface area (Å²) in [6.45, 7) is 0. The average molecular weight is 716 g/mol. The highest BCUT2D eigenvalue weighted by atomic mass is 16.3. The first kappa shape index (κ1) is 33.2. The standard InChI is InChI=1S/C54H37NO/c1-3-13-38(14-4-1)45-20-12-22-50(37-45)55(49-33-29-41(30-34-49)46-26-25-39-15-7-8-18-43(39)35-46)48-31-27-40(28-32-48)44-19-11-21-47(36-44)54-53(42-16-5-2-6-17-42)51-23-9-10-24-52(51)56-54/h1-37H. The number of para-hydroxylation sites is 1. The summed E-state index contributed by atoms with van der Waals surface area (Å²) in [4.78, 5) is 2.34. The van der Waals surface area contributed by atoms with E-state index in [1.165, 1.54) is 33.0 Å². The van der Waals surface area contributed by atoms with Gasteiger partial charge in [0.1, 0.15) is 11.3 Å². The molecule has 0 aliphatic carbocycles. The molecule has 10 aromatic rings. The summed E-state index contributed by atoms with van der Waals surface area (Å²) < 4.78 is 6.57. The van der Waals surface area contributed by atoms with Crippen molar-refractivity contribution in [2.24, 2.45) is 0 Å². The van der Waals surface area contributed by atoms with Gasteiger partial charge in [0.05, 0.1) is 0 Å². The van der Waals surface area contributed by atoms with Crippen LogP contribution in [0.5, 0.6) is 0 Å². The molecule has 0 amide bonds. The Morgan fingerprint density at radius 3 is 1.50 bits per heavy atom. The molecule has 0 aliphatic heterocycles. The van der Waals surface area contributed by atoms with E-state index >= 15 is 0 Å². The first-order chi connectivity index (χ1) is 27.7. The van der Waals surface area contributed by atoms with Crippen LogP contribution >= 0.6 is 0 Å². The molecule has 0 bridgehead atoms. The highest BCUT2D eigenvalue weighted by Crippen LogP contribution is 2.43. The average Bonchev–Trinajstić information content (AvgIpc) is 3.68. The molecule has 2 heteroatoms. The minimum atomic E-state index is 0.882. The number of fused-ring (bicyclic) bond motifs is 2. The Morgan fingerprint density at radius 1 is 0.286 bits per heavy atom. The lowest BCUT2D eigenvalue weighted by Gasteiger charge is -2.26. The van der Waals surface area contributed by atoms with Crippen molar-refractivity contribution in [2.75, 3.05) is 4.90 Å². The molecule has 2 nitrogen and oxygen atoms in total. The van der Waals surface area contributed by atoms with Crippen molar-refractivity contribution in [1.29, 1.82) is 0 Å². The Labute approximate surface area is 327 Å². The molecule has 9 aromatic carbocycles. The molecule has 56 heavy (non-hydrogen) atoms. The molecule has 1 aromatic heterocycles. The normalized spacial score (nSPS) is 11.2. The fourth-order valence-electron chi connectivity index (χ4n) is 7.86. The molecule has 0 unspecified atom stereocenters. The van der Waals surface area contributed by atoms with Crippen molar-refractivity contribution in [1.82, 2.24) is 0 Å². The van der Waals surface area contributed by atoms with Crippen LogP contribution in [0.2, 0.25) is 0 Å². The summed E-state index contributed by atoms with van der Waals surface area (Å²) in [5, 5.41) is 3.61. The van der Waals surface area contributed by atoms with Crippen LogP contribution in [-0.2, 0) is 0 Å². The lowest BCUT2D eigenvalue weighted by atomic mass is 9.96. The maximum absolute atomic E-state index is 6.57. The molecule has 10 rings (SSSR count). The Hall–Kier alpha value is -7.42. The fourth-order valence-corrected chi connectivity index (χ4v) is 7.86. The number of hydrogen-bond acceptors (Lipinski definition) is 2. The van der Waals surface area contributed by atoms with Gasteiger partial charge in [-0.25, -0.2) is 0 Å². The van der Waals surface area contributed by atoms with Crippen LogP contribution in [0.1, 0.15) is 0 Å². The minimum absolute atomic E-state index is 0.882. The van der Waals surface area contributed by atoms with E-state index < -0.39 is 0 Å². The number of hydrogen-bond donors (Lipinski definition) is 0. The zero-order chi connectivity index (χ0) is 37.3. The molecule has 0 radical (unpaired) electrons. The smallest absolute Gasteiger partial charge is 0.143 e. The summed E-state index contributed by atoms with van der Waals surface area (Å²) in [5.41, 5.74) is 14.5. The molecule has 0 spiro atoms. The van der Waals surface area contributed by atoms with Gasteiger partial charge < -0.3 is 9.32 Å². The van der Waals surface area contributed by atoms with E-state index in [4.69, 9.17) is 4.42 Å². The van der Waals surface area contributed by atoms with Crippen LogP contribution in [-0.4, -0.2) is 0 Å². The second kappa shape index (κ2) is 14.4. The summed E-state index contributed by atoms with van der Waals surface area (Å²) in [6.07, 6.45) is 0.